The molecule has 124 valence electrons. The number of hydrazine groups is 1. The average Bonchev–Trinajstić information content (AvgIpc) is 3.22. The molecule has 1 atom stereocenters. The second-order valence-corrected chi connectivity index (χ2v) is 6.22. The molecule has 0 unspecified atom stereocenters. The van der Waals surface area contributed by atoms with Gasteiger partial charge in [0.15, 0.2) is 5.76 Å². The van der Waals surface area contributed by atoms with E-state index in [1.807, 2.05) is 24.3 Å². The highest BCUT2D eigenvalue weighted by atomic mass is 79.9. The van der Waals surface area contributed by atoms with E-state index in [1.54, 1.807) is 11.0 Å². The lowest BCUT2D eigenvalue weighted by molar-refractivity contribution is -0.126. The van der Waals surface area contributed by atoms with Crippen LogP contribution in [0.4, 0.5) is 5.69 Å². The zero-order valence-corrected chi connectivity index (χ0v) is 14.1. The third-order valence-electron chi connectivity index (χ3n) is 3.66. The number of hydrogen-bond donors (Lipinski definition) is 2. The van der Waals surface area contributed by atoms with Crippen molar-refractivity contribution in [3.05, 3.63) is 52.9 Å². The van der Waals surface area contributed by atoms with Crippen molar-refractivity contribution in [1.29, 1.82) is 0 Å². The molecule has 3 amide bonds. The smallest absolute Gasteiger partial charge is 0.305 e. The van der Waals surface area contributed by atoms with E-state index >= 15 is 0 Å². The lowest BCUT2D eigenvalue weighted by Crippen LogP contribution is -2.45. The van der Waals surface area contributed by atoms with Crippen LogP contribution in [0.15, 0.2) is 51.6 Å². The van der Waals surface area contributed by atoms with Gasteiger partial charge in [0.25, 0.3) is 0 Å². The Bertz CT molecular complexity index is 775. The summed E-state index contributed by atoms with van der Waals surface area (Å²) < 4.78 is 5.78. The molecule has 1 fully saturated rings. The van der Waals surface area contributed by atoms with Gasteiger partial charge in [-0.2, -0.15) is 0 Å². The summed E-state index contributed by atoms with van der Waals surface area (Å²) in [5.41, 5.74) is 5.33. The number of nitrogens with zero attached hydrogens (tertiary/aromatic N) is 1. The van der Waals surface area contributed by atoms with E-state index in [0.29, 0.717) is 0 Å². The normalized spacial score (nSPS) is 17.0. The summed E-state index contributed by atoms with van der Waals surface area (Å²) in [5.74, 6) is -1.55. The van der Waals surface area contributed by atoms with Crippen LogP contribution in [0, 0.1) is 5.92 Å². The first kappa shape index (κ1) is 16.3. The van der Waals surface area contributed by atoms with Gasteiger partial charge in [0.1, 0.15) is 0 Å². The Morgan fingerprint density at radius 1 is 1.21 bits per heavy atom. The van der Waals surface area contributed by atoms with Gasteiger partial charge in [0.2, 0.25) is 11.8 Å². The molecule has 1 aromatic carbocycles. The fourth-order valence-electron chi connectivity index (χ4n) is 2.47. The lowest BCUT2D eigenvalue weighted by atomic mass is 10.1. The molecule has 1 aliphatic rings. The first-order valence-electron chi connectivity index (χ1n) is 7.24. The largest absolute Gasteiger partial charge is 0.459 e. The maximum absolute atomic E-state index is 12.2. The topological polar surface area (TPSA) is 91.7 Å². The fraction of sp³-hybridized carbons (Fsp3) is 0.188. The molecule has 8 heteroatoms. The van der Waals surface area contributed by atoms with Crippen LogP contribution in [0.1, 0.15) is 17.0 Å². The minimum Gasteiger partial charge on any atom is -0.459 e. The molecule has 2 N–H and O–H groups in total. The maximum atomic E-state index is 12.2. The lowest BCUT2D eigenvalue weighted by Gasteiger charge is -2.17. The molecule has 1 aromatic heterocycles. The highest BCUT2D eigenvalue weighted by Crippen LogP contribution is 2.27. The van der Waals surface area contributed by atoms with Gasteiger partial charge in [-0.25, -0.2) is 0 Å². The molecule has 0 bridgehead atoms. The van der Waals surface area contributed by atoms with Crippen molar-refractivity contribution in [2.75, 3.05) is 11.4 Å². The molecule has 0 aliphatic carbocycles. The SMILES string of the molecule is O=C(NNC(=O)[C@@H]1CC(=O)N(c2cccc(Br)c2)C1)c1ccco1. The molecule has 24 heavy (non-hydrogen) atoms. The minimum absolute atomic E-state index is 0.0913. The molecule has 1 saturated heterocycles. The third-order valence-corrected chi connectivity index (χ3v) is 4.15. The number of benzene rings is 1. The average molecular weight is 392 g/mol. The Morgan fingerprint density at radius 2 is 2.04 bits per heavy atom. The van der Waals surface area contributed by atoms with Crippen molar-refractivity contribution in [3.63, 3.8) is 0 Å². The Labute approximate surface area is 146 Å². The highest BCUT2D eigenvalue weighted by Gasteiger charge is 2.35. The van der Waals surface area contributed by atoms with Crippen LogP contribution >= 0.6 is 15.9 Å². The van der Waals surface area contributed by atoms with E-state index in [-0.39, 0.29) is 24.6 Å². The molecule has 1 aliphatic heterocycles. The summed E-state index contributed by atoms with van der Waals surface area (Å²) >= 11 is 3.36. The van der Waals surface area contributed by atoms with Crippen molar-refractivity contribution in [3.8, 4) is 0 Å². The van der Waals surface area contributed by atoms with Gasteiger partial charge >= 0.3 is 5.91 Å². The van der Waals surface area contributed by atoms with Gasteiger partial charge in [-0.3, -0.25) is 25.2 Å². The molecule has 3 rings (SSSR count). The standard InChI is InChI=1S/C16H14BrN3O4/c17-11-3-1-4-12(8-11)20-9-10(7-14(20)21)15(22)18-19-16(23)13-5-2-6-24-13/h1-6,8,10H,7,9H2,(H,18,22)(H,19,23)/t10-/m1/s1. The first-order valence-corrected chi connectivity index (χ1v) is 8.03. The van der Waals surface area contributed by atoms with Crippen molar-refractivity contribution >= 4 is 39.3 Å². The van der Waals surface area contributed by atoms with Crippen molar-refractivity contribution in [2.45, 2.75) is 6.42 Å². The molecule has 0 radical (unpaired) electrons. The van der Waals surface area contributed by atoms with Crippen LogP contribution in [0.2, 0.25) is 0 Å². The Morgan fingerprint density at radius 3 is 2.75 bits per heavy atom. The number of carbonyl (C=O) groups excluding carboxylic acids is 3. The molecule has 2 heterocycles. The maximum Gasteiger partial charge on any atom is 0.305 e. The van der Waals surface area contributed by atoms with E-state index in [9.17, 15) is 14.4 Å². The number of nitrogens with one attached hydrogen (secondary N) is 2. The summed E-state index contributed by atoms with van der Waals surface area (Å²) in [6.07, 6.45) is 1.46. The molecule has 0 saturated carbocycles. The predicted molar refractivity (Wildman–Crippen MR) is 88.9 cm³/mol. The predicted octanol–water partition coefficient (Wildman–Crippen LogP) is 1.86. The second kappa shape index (κ2) is 6.88. The van der Waals surface area contributed by atoms with E-state index in [1.165, 1.54) is 12.3 Å². The number of anilines is 1. The molecule has 7 nitrogen and oxygen atoms in total. The Kier molecular flexibility index (Phi) is 4.66. The third kappa shape index (κ3) is 3.48. The van der Waals surface area contributed by atoms with Gasteiger partial charge in [-0.15, -0.1) is 0 Å². The van der Waals surface area contributed by atoms with E-state index in [4.69, 9.17) is 4.42 Å². The molecule has 0 spiro atoms. The number of halogens is 1. The van der Waals surface area contributed by atoms with E-state index in [0.717, 1.165) is 10.2 Å². The zero-order chi connectivity index (χ0) is 17.1. The van der Waals surface area contributed by atoms with Crippen LogP contribution in [0.3, 0.4) is 0 Å². The number of rotatable bonds is 3. The number of amides is 3. The Balaban J connectivity index is 1.59. The van der Waals surface area contributed by atoms with Crippen molar-refractivity contribution in [1.82, 2.24) is 10.9 Å². The van der Waals surface area contributed by atoms with Crippen LogP contribution in [0.25, 0.3) is 0 Å². The summed E-state index contributed by atoms with van der Waals surface area (Å²) in [5, 5.41) is 0. The minimum atomic E-state index is -0.554. The Hall–Kier alpha value is -2.61. The second-order valence-electron chi connectivity index (χ2n) is 5.31. The van der Waals surface area contributed by atoms with Crippen molar-refractivity contribution in [2.24, 2.45) is 5.92 Å². The number of furan rings is 1. The fourth-order valence-corrected chi connectivity index (χ4v) is 2.85. The van der Waals surface area contributed by atoms with E-state index < -0.39 is 17.7 Å². The first-order chi connectivity index (χ1) is 11.5. The van der Waals surface area contributed by atoms with Gasteiger partial charge < -0.3 is 9.32 Å². The van der Waals surface area contributed by atoms with Crippen LogP contribution in [0.5, 0.6) is 0 Å². The number of hydrogen-bond acceptors (Lipinski definition) is 4. The van der Waals surface area contributed by atoms with Crippen LogP contribution < -0.4 is 15.8 Å². The zero-order valence-electron chi connectivity index (χ0n) is 12.5. The summed E-state index contributed by atoms with van der Waals surface area (Å²) in [6.45, 7) is 0.262. The van der Waals surface area contributed by atoms with E-state index in [2.05, 4.69) is 26.8 Å². The van der Waals surface area contributed by atoms with Crippen LogP contribution in [-0.2, 0) is 9.59 Å². The number of carbonyl (C=O) groups is 3. The van der Waals surface area contributed by atoms with Crippen molar-refractivity contribution < 1.29 is 18.8 Å². The quantitative estimate of drug-likeness (QED) is 0.781. The summed E-state index contributed by atoms with van der Waals surface area (Å²) in [4.78, 5) is 37.6. The van der Waals surface area contributed by atoms with Gasteiger partial charge in [-0.1, -0.05) is 22.0 Å². The molecular weight excluding hydrogens is 378 g/mol. The highest BCUT2D eigenvalue weighted by molar-refractivity contribution is 9.10. The molecular formula is C16H14BrN3O4. The summed E-state index contributed by atoms with van der Waals surface area (Å²) in [7, 11) is 0. The van der Waals surface area contributed by atoms with Gasteiger partial charge in [-0.05, 0) is 30.3 Å². The summed E-state index contributed by atoms with van der Waals surface area (Å²) in [6, 6.07) is 10.4. The van der Waals surface area contributed by atoms with Crippen LogP contribution in [-0.4, -0.2) is 24.3 Å². The monoisotopic (exact) mass is 391 g/mol. The molecule has 2 aromatic rings. The van der Waals surface area contributed by atoms with Gasteiger partial charge in [0, 0.05) is 23.1 Å². The van der Waals surface area contributed by atoms with Gasteiger partial charge in [0.05, 0.1) is 12.2 Å².